The largest absolute Gasteiger partial charge is 0.465 e. The van der Waals surface area contributed by atoms with E-state index in [1.54, 1.807) is 6.26 Å². The van der Waals surface area contributed by atoms with Crippen LogP contribution in [-0.4, -0.2) is 6.29 Å². The molecule has 0 N–H and O–H groups in total. The van der Waals surface area contributed by atoms with E-state index in [1.807, 2.05) is 12.1 Å². The first-order valence-electron chi connectivity index (χ1n) is 4.13. The topological polar surface area (TPSA) is 30.2 Å². The lowest BCUT2D eigenvalue weighted by atomic mass is 10.1. The van der Waals surface area contributed by atoms with Gasteiger partial charge in [0.05, 0.1) is 6.26 Å². The van der Waals surface area contributed by atoms with Gasteiger partial charge in [-0.15, -0.1) is 0 Å². The molecule has 2 heteroatoms. The summed E-state index contributed by atoms with van der Waals surface area (Å²) >= 11 is 0. The van der Waals surface area contributed by atoms with Crippen LogP contribution in [0.4, 0.5) is 0 Å². The Hall–Kier alpha value is -1.31. The Morgan fingerprint density at radius 2 is 2.33 bits per heavy atom. The quantitative estimate of drug-likeness (QED) is 0.625. The highest BCUT2D eigenvalue weighted by atomic mass is 16.3. The van der Waals surface area contributed by atoms with Crippen LogP contribution in [0.5, 0.6) is 0 Å². The Morgan fingerprint density at radius 1 is 1.42 bits per heavy atom. The minimum Gasteiger partial charge on any atom is -0.465 e. The number of rotatable bonds is 2. The van der Waals surface area contributed by atoms with Crippen molar-refractivity contribution in [1.82, 2.24) is 0 Å². The first-order valence-corrected chi connectivity index (χ1v) is 4.13. The number of hydrogen-bond donors (Lipinski definition) is 0. The SMILES string of the molecule is O=CC1=C(c2ccco2)CCC1. The van der Waals surface area contributed by atoms with Gasteiger partial charge in [0.25, 0.3) is 0 Å². The standard InChI is InChI=1S/C10H10O2/c11-7-8-3-1-4-9(8)10-5-2-6-12-10/h2,5-7H,1,3-4H2. The fourth-order valence-corrected chi connectivity index (χ4v) is 1.63. The molecule has 1 aliphatic rings. The Morgan fingerprint density at radius 3 is 3.00 bits per heavy atom. The summed E-state index contributed by atoms with van der Waals surface area (Å²) in [6.45, 7) is 0. The molecule has 12 heavy (non-hydrogen) atoms. The Bertz CT molecular complexity index is 307. The van der Waals surface area contributed by atoms with Crippen LogP contribution in [0.3, 0.4) is 0 Å². The van der Waals surface area contributed by atoms with Crippen LogP contribution in [0.25, 0.3) is 5.57 Å². The molecule has 0 saturated carbocycles. The van der Waals surface area contributed by atoms with Gasteiger partial charge in [-0.3, -0.25) is 4.79 Å². The Balaban J connectivity index is 2.39. The maximum absolute atomic E-state index is 10.6. The molecule has 0 radical (unpaired) electrons. The highest BCUT2D eigenvalue weighted by Gasteiger charge is 2.16. The molecule has 62 valence electrons. The molecular weight excluding hydrogens is 152 g/mol. The molecule has 0 bridgehead atoms. The number of furan rings is 1. The predicted octanol–water partition coefficient (Wildman–Crippen LogP) is 2.42. The second kappa shape index (κ2) is 2.97. The van der Waals surface area contributed by atoms with E-state index in [9.17, 15) is 4.79 Å². The van der Waals surface area contributed by atoms with Gasteiger partial charge in [-0.05, 0) is 37.0 Å². The van der Waals surface area contributed by atoms with Gasteiger partial charge in [0, 0.05) is 5.57 Å². The van der Waals surface area contributed by atoms with Gasteiger partial charge in [0.1, 0.15) is 12.0 Å². The number of allylic oxidation sites excluding steroid dienone is 2. The van der Waals surface area contributed by atoms with Crippen LogP contribution in [0.1, 0.15) is 25.0 Å². The first-order chi connectivity index (χ1) is 5.92. The highest BCUT2D eigenvalue weighted by molar-refractivity contribution is 5.88. The molecular formula is C10H10O2. The molecule has 0 fully saturated rings. The molecule has 2 rings (SSSR count). The summed E-state index contributed by atoms with van der Waals surface area (Å²) in [5.74, 6) is 0.856. The van der Waals surface area contributed by atoms with Crippen molar-refractivity contribution in [1.29, 1.82) is 0 Å². The van der Waals surface area contributed by atoms with Gasteiger partial charge >= 0.3 is 0 Å². The van der Waals surface area contributed by atoms with Crippen molar-refractivity contribution in [3.05, 3.63) is 29.7 Å². The zero-order valence-corrected chi connectivity index (χ0v) is 6.75. The van der Waals surface area contributed by atoms with E-state index in [0.29, 0.717) is 0 Å². The number of hydrogen-bond acceptors (Lipinski definition) is 2. The van der Waals surface area contributed by atoms with Crippen molar-refractivity contribution >= 4 is 11.9 Å². The van der Waals surface area contributed by atoms with Gasteiger partial charge in [-0.1, -0.05) is 0 Å². The average molecular weight is 162 g/mol. The van der Waals surface area contributed by atoms with Crippen molar-refractivity contribution in [2.24, 2.45) is 0 Å². The minimum atomic E-state index is 0.856. The summed E-state index contributed by atoms with van der Waals surface area (Å²) < 4.78 is 5.23. The molecule has 0 saturated heterocycles. The fourth-order valence-electron chi connectivity index (χ4n) is 1.63. The van der Waals surface area contributed by atoms with Crippen molar-refractivity contribution < 1.29 is 9.21 Å². The van der Waals surface area contributed by atoms with E-state index in [2.05, 4.69) is 0 Å². The molecule has 0 amide bonds. The Kier molecular flexibility index (Phi) is 1.82. The van der Waals surface area contributed by atoms with Crippen molar-refractivity contribution in [3.63, 3.8) is 0 Å². The summed E-state index contributed by atoms with van der Waals surface area (Å²) in [6, 6.07) is 3.76. The number of aldehydes is 1. The van der Waals surface area contributed by atoms with E-state index in [4.69, 9.17) is 4.42 Å². The van der Waals surface area contributed by atoms with Crippen LogP contribution < -0.4 is 0 Å². The zero-order chi connectivity index (χ0) is 8.39. The predicted molar refractivity (Wildman–Crippen MR) is 45.5 cm³/mol. The lowest BCUT2D eigenvalue weighted by Crippen LogP contribution is -1.82. The van der Waals surface area contributed by atoms with E-state index >= 15 is 0 Å². The molecule has 0 spiro atoms. The van der Waals surface area contributed by atoms with Crippen LogP contribution in [0, 0.1) is 0 Å². The summed E-state index contributed by atoms with van der Waals surface area (Å²) in [7, 11) is 0. The van der Waals surface area contributed by atoms with Gasteiger partial charge in [0.2, 0.25) is 0 Å². The van der Waals surface area contributed by atoms with Gasteiger partial charge in [-0.2, -0.15) is 0 Å². The third-order valence-corrected chi connectivity index (χ3v) is 2.22. The summed E-state index contributed by atoms with van der Waals surface area (Å²) in [5.41, 5.74) is 2.00. The maximum Gasteiger partial charge on any atom is 0.146 e. The fraction of sp³-hybridized carbons (Fsp3) is 0.300. The summed E-state index contributed by atoms with van der Waals surface area (Å²) in [4.78, 5) is 10.6. The van der Waals surface area contributed by atoms with Gasteiger partial charge in [0.15, 0.2) is 0 Å². The molecule has 1 heterocycles. The lowest BCUT2D eigenvalue weighted by molar-refractivity contribution is -0.104. The van der Waals surface area contributed by atoms with Gasteiger partial charge in [-0.25, -0.2) is 0 Å². The molecule has 0 aliphatic heterocycles. The smallest absolute Gasteiger partial charge is 0.146 e. The van der Waals surface area contributed by atoms with Crippen molar-refractivity contribution in [2.75, 3.05) is 0 Å². The van der Waals surface area contributed by atoms with E-state index in [0.717, 1.165) is 42.5 Å². The molecule has 1 aromatic rings. The maximum atomic E-state index is 10.6. The monoisotopic (exact) mass is 162 g/mol. The van der Waals surface area contributed by atoms with Crippen molar-refractivity contribution in [2.45, 2.75) is 19.3 Å². The van der Waals surface area contributed by atoms with Crippen LogP contribution >= 0.6 is 0 Å². The molecule has 0 atom stereocenters. The average Bonchev–Trinajstić information content (AvgIpc) is 2.74. The second-order valence-corrected chi connectivity index (χ2v) is 2.95. The van der Waals surface area contributed by atoms with E-state index < -0.39 is 0 Å². The third kappa shape index (κ3) is 1.09. The Labute approximate surface area is 70.9 Å². The normalized spacial score (nSPS) is 17.0. The van der Waals surface area contributed by atoms with Crippen LogP contribution in [-0.2, 0) is 4.79 Å². The zero-order valence-electron chi connectivity index (χ0n) is 6.75. The summed E-state index contributed by atoms with van der Waals surface area (Å²) in [6.07, 6.45) is 5.54. The lowest BCUT2D eigenvalue weighted by Gasteiger charge is -1.96. The molecule has 0 unspecified atom stereocenters. The number of carbonyl (C=O) groups excluding carboxylic acids is 1. The molecule has 0 aromatic carbocycles. The summed E-state index contributed by atoms with van der Waals surface area (Å²) in [5, 5.41) is 0. The van der Waals surface area contributed by atoms with Crippen LogP contribution in [0.15, 0.2) is 28.4 Å². The first kappa shape index (κ1) is 7.35. The van der Waals surface area contributed by atoms with Crippen LogP contribution in [0.2, 0.25) is 0 Å². The minimum absolute atomic E-state index is 0.856. The van der Waals surface area contributed by atoms with Crippen molar-refractivity contribution in [3.8, 4) is 0 Å². The third-order valence-electron chi connectivity index (χ3n) is 2.22. The van der Waals surface area contributed by atoms with Gasteiger partial charge < -0.3 is 4.42 Å². The second-order valence-electron chi connectivity index (χ2n) is 2.95. The highest BCUT2D eigenvalue weighted by Crippen LogP contribution is 2.32. The molecule has 2 nitrogen and oxygen atoms in total. The van der Waals surface area contributed by atoms with E-state index in [1.165, 1.54) is 0 Å². The number of carbonyl (C=O) groups is 1. The van der Waals surface area contributed by atoms with E-state index in [-0.39, 0.29) is 0 Å². The molecule has 1 aromatic heterocycles. The molecule has 1 aliphatic carbocycles.